The summed E-state index contributed by atoms with van der Waals surface area (Å²) in [6.45, 7) is -0.887. The highest BCUT2D eigenvalue weighted by Crippen LogP contribution is 2.12. The molecule has 0 fully saturated rings. The summed E-state index contributed by atoms with van der Waals surface area (Å²) >= 11 is 5.40. The van der Waals surface area contributed by atoms with Crippen LogP contribution in [0, 0.1) is 0 Å². The highest BCUT2D eigenvalue weighted by atomic mass is 35.5. The summed E-state index contributed by atoms with van der Waals surface area (Å²) in [7, 11) is 0. The second-order valence-electron chi connectivity index (χ2n) is 1.47. The van der Waals surface area contributed by atoms with E-state index in [0.29, 0.717) is 0 Å². The molecule has 0 N–H and O–H groups in total. The second-order valence-corrected chi connectivity index (χ2v) is 1.85. The molecule has 5 heteroatoms. The van der Waals surface area contributed by atoms with Gasteiger partial charge in [-0.2, -0.15) is 5.10 Å². The summed E-state index contributed by atoms with van der Waals surface area (Å²) in [5, 5.41) is 7.05. The Labute approximate surface area is 61.8 Å². The van der Waals surface area contributed by atoms with Gasteiger partial charge in [-0.25, -0.2) is 4.39 Å². The Hall–Kier alpha value is -0.900. The van der Waals surface area contributed by atoms with Crippen molar-refractivity contribution in [2.45, 2.75) is 0 Å². The topological polar surface area (TPSA) is 35.0 Å². The molecular weight excluding hydrogens is 159 g/mol. The Morgan fingerprint density at radius 2 is 2.50 bits per heavy atom. The fourth-order valence-electron chi connectivity index (χ4n) is 0.466. The Balaban J connectivity index is 2.75. The van der Waals surface area contributed by atoms with Gasteiger partial charge in [0.15, 0.2) is 5.15 Å². The van der Waals surface area contributed by atoms with E-state index in [1.807, 2.05) is 0 Å². The van der Waals surface area contributed by atoms with Crippen LogP contribution in [0.25, 0.3) is 0 Å². The molecule has 0 radical (unpaired) electrons. The molecule has 1 aromatic heterocycles. The van der Waals surface area contributed by atoms with E-state index < -0.39 is 6.86 Å². The number of alkyl halides is 1. The molecule has 0 amide bonds. The lowest BCUT2D eigenvalue weighted by Crippen LogP contribution is -1.91. The van der Waals surface area contributed by atoms with Crippen molar-refractivity contribution in [3.05, 3.63) is 17.4 Å². The minimum atomic E-state index is -0.887. The van der Waals surface area contributed by atoms with Crippen LogP contribution in [0.3, 0.4) is 0 Å². The van der Waals surface area contributed by atoms with E-state index in [9.17, 15) is 4.39 Å². The van der Waals surface area contributed by atoms with Crippen LogP contribution in [0.15, 0.2) is 12.3 Å². The zero-order valence-corrected chi connectivity index (χ0v) is 5.68. The molecule has 0 unspecified atom stereocenters. The van der Waals surface area contributed by atoms with Crippen molar-refractivity contribution >= 4 is 11.6 Å². The van der Waals surface area contributed by atoms with Crippen LogP contribution in [0.4, 0.5) is 4.39 Å². The predicted molar refractivity (Wildman–Crippen MR) is 33.6 cm³/mol. The summed E-state index contributed by atoms with van der Waals surface area (Å²) < 4.78 is 15.9. The average Bonchev–Trinajstić information content (AvgIpc) is 1.88. The third-order valence-corrected chi connectivity index (χ3v) is 1.01. The normalized spacial score (nSPS) is 9.40. The van der Waals surface area contributed by atoms with Gasteiger partial charge in [-0.1, -0.05) is 11.6 Å². The molecule has 0 aliphatic heterocycles. The maximum atomic E-state index is 11.5. The quantitative estimate of drug-likeness (QED) is 0.660. The molecule has 1 heterocycles. The van der Waals surface area contributed by atoms with E-state index in [0.717, 1.165) is 0 Å². The largest absolute Gasteiger partial charge is 0.461 e. The van der Waals surface area contributed by atoms with Gasteiger partial charge in [-0.15, -0.1) is 5.10 Å². The number of ether oxygens (including phenoxy) is 1. The fraction of sp³-hybridized carbons (Fsp3) is 0.200. The highest BCUT2D eigenvalue weighted by molar-refractivity contribution is 6.29. The molecule has 1 aromatic rings. The highest BCUT2D eigenvalue weighted by Gasteiger charge is 1.94. The van der Waals surface area contributed by atoms with Crippen LogP contribution in [-0.4, -0.2) is 17.1 Å². The van der Waals surface area contributed by atoms with Crippen LogP contribution in [0.2, 0.25) is 5.15 Å². The fourth-order valence-corrected chi connectivity index (χ4v) is 0.618. The summed E-state index contributed by atoms with van der Waals surface area (Å²) in [5.41, 5.74) is 0. The molecule has 0 aliphatic rings. The van der Waals surface area contributed by atoms with Crippen molar-refractivity contribution in [2.75, 3.05) is 6.86 Å². The van der Waals surface area contributed by atoms with Gasteiger partial charge in [-0.05, 0) is 0 Å². The van der Waals surface area contributed by atoms with E-state index >= 15 is 0 Å². The standard InChI is InChI=1S/C5H4ClFN2O/c6-5-1-4(10-3-7)2-8-9-5/h1-2H,3H2. The molecule has 0 saturated carbocycles. The van der Waals surface area contributed by atoms with Crippen molar-refractivity contribution in [1.29, 1.82) is 0 Å². The first-order chi connectivity index (χ1) is 4.83. The lowest BCUT2D eigenvalue weighted by molar-refractivity contribution is 0.191. The molecule has 54 valence electrons. The molecule has 0 spiro atoms. The second kappa shape index (κ2) is 3.31. The Morgan fingerprint density at radius 1 is 1.70 bits per heavy atom. The van der Waals surface area contributed by atoms with Crippen molar-refractivity contribution in [2.24, 2.45) is 0 Å². The number of hydrogen-bond donors (Lipinski definition) is 0. The molecule has 0 bridgehead atoms. The minimum Gasteiger partial charge on any atom is -0.461 e. The first kappa shape index (κ1) is 7.21. The molecule has 10 heavy (non-hydrogen) atoms. The monoisotopic (exact) mass is 162 g/mol. The zero-order chi connectivity index (χ0) is 7.40. The van der Waals surface area contributed by atoms with Gasteiger partial charge in [0.05, 0.1) is 6.20 Å². The lowest BCUT2D eigenvalue weighted by Gasteiger charge is -1.97. The van der Waals surface area contributed by atoms with E-state index in [-0.39, 0.29) is 10.9 Å². The third-order valence-electron chi connectivity index (χ3n) is 0.821. The van der Waals surface area contributed by atoms with Gasteiger partial charge < -0.3 is 4.74 Å². The van der Waals surface area contributed by atoms with Gasteiger partial charge in [-0.3, -0.25) is 0 Å². The average molecular weight is 163 g/mol. The van der Waals surface area contributed by atoms with Crippen molar-refractivity contribution in [3.8, 4) is 5.75 Å². The van der Waals surface area contributed by atoms with E-state index in [1.54, 1.807) is 0 Å². The number of rotatable bonds is 2. The molecule has 1 rings (SSSR count). The van der Waals surface area contributed by atoms with Gasteiger partial charge in [0, 0.05) is 6.07 Å². The van der Waals surface area contributed by atoms with Gasteiger partial charge >= 0.3 is 0 Å². The molecule has 3 nitrogen and oxygen atoms in total. The number of aromatic nitrogens is 2. The Bertz CT molecular complexity index is 221. The molecule has 0 atom stereocenters. The summed E-state index contributed by atoms with van der Waals surface area (Å²) in [4.78, 5) is 0. The maximum Gasteiger partial charge on any atom is 0.228 e. The van der Waals surface area contributed by atoms with Crippen molar-refractivity contribution in [3.63, 3.8) is 0 Å². The maximum absolute atomic E-state index is 11.5. The molecular formula is C5H4ClFN2O. The summed E-state index contributed by atoms with van der Waals surface area (Å²) in [6, 6.07) is 1.38. The van der Waals surface area contributed by atoms with Crippen LogP contribution in [0.5, 0.6) is 5.75 Å². The van der Waals surface area contributed by atoms with E-state index in [4.69, 9.17) is 11.6 Å². The Morgan fingerprint density at radius 3 is 3.10 bits per heavy atom. The summed E-state index contributed by atoms with van der Waals surface area (Å²) in [6.07, 6.45) is 1.28. The van der Waals surface area contributed by atoms with Gasteiger partial charge in [0.1, 0.15) is 5.75 Å². The first-order valence-electron chi connectivity index (χ1n) is 2.50. The van der Waals surface area contributed by atoms with Crippen molar-refractivity contribution < 1.29 is 9.13 Å². The molecule has 0 aliphatic carbocycles. The number of nitrogens with zero attached hydrogens (tertiary/aromatic N) is 2. The zero-order valence-electron chi connectivity index (χ0n) is 4.92. The third kappa shape index (κ3) is 1.80. The van der Waals surface area contributed by atoms with Crippen LogP contribution in [-0.2, 0) is 0 Å². The van der Waals surface area contributed by atoms with Crippen LogP contribution < -0.4 is 4.74 Å². The number of halogens is 2. The SMILES string of the molecule is FCOc1cnnc(Cl)c1. The van der Waals surface area contributed by atoms with E-state index in [2.05, 4.69) is 14.9 Å². The predicted octanol–water partition coefficient (Wildman–Crippen LogP) is 1.44. The molecule has 0 aromatic carbocycles. The van der Waals surface area contributed by atoms with Gasteiger partial charge in [0.25, 0.3) is 0 Å². The lowest BCUT2D eigenvalue weighted by atomic mass is 10.5. The minimum absolute atomic E-state index is 0.186. The van der Waals surface area contributed by atoms with E-state index in [1.165, 1.54) is 12.3 Å². The first-order valence-corrected chi connectivity index (χ1v) is 2.87. The van der Waals surface area contributed by atoms with Crippen molar-refractivity contribution in [1.82, 2.24) is 10.2 Å². The molecule has 0 saturated heterocycles. The van der Waals surface area contributed by atoms with Crippen LogP contribution in [0.1, 0.15) is 0 Å². The smallest absolute Gasteiger partial charge is 0.228 e. The Kier molecular flexibility index (Phi) is 2.39. The number of hydrogen-bond acceptors (Lipinski definition) is 3. The van der Waals surface area contributed by atoms with Crippen LogP contribution >= 0.6 is 11.6 Å². The van der Waals surface area contributed by atoms with Gasteiger partial charge in [0.2, 0.25) is 6.86 Å². The summed E-state index contributed by atoms with van der Waals surface area (Å²) in [5.74, 6) is 0.280.